The number of nitrogens with zero attached hydrogens (tertiary/aromatic N) is 5. The van der Waals surface area contributed by atoms with E-state index in [2.05, 4.69) is 20.3 Å². The number of carbonyl (C=O) groups excluding carboxylic acids is 1. The summed E-state index contributed by atoms with van der Waals surface area (Å²) in [4.78, 5) is 23.8. The lowest BCUT2D eigenvalue weighted by Gasteiger charge is -2.17. The van der Waals surface area contributed by atoms with Gasteiger partial charge in [-0.05, 0) is 38.2 Å². The van der Waals surface area contributed by atoms with Gasteiger partial charge in [-0.2, -0.15) is 5.10 Å². The molecule has 2 aromatic heterocycles. The molecule has 30 heavy (non-hydrogen) atoms. The van der Waals surface area contributed by atoms with E-state index in [0.29, 0.717) is 18.8 Å². The molecule has 0 unspecified atom stereocenters. The summed E-state index contributed by atoms with van der Waals surface area (Å²) in [6, 6.07) is 7.63. The van der Waals surface area contributed by atoms with Crippen molar-refractivity contribution in [1.29, 1.82) is 0 Å². The lowest BCUT2D eigenvalue weighted by molar-refractivity contribution is -0.123. The molecule has 0 bridgehead atoms. The number of hydrogen-bond acceptors (Lipinski definition) is 7. The van der Waals surface area contributed by atoms with Crippen LogP contribution in [-0.4, -0.2) is 58.2 Å². The van der Waals surface area contributed by atoms with Gasteiger partial charge in [-0.25, -0.2) is 14.6 Å². The molecule has 4 rings (SSSR count). The minimum atomic E-state index is -0.163. The average Bonchev–Trinajstić information content (AvgIpc) is 3.43. The molecule has 1 fully saturated rings. The standard InChI is InChI=1S/C21H26N6O2S/c1-15-5-7-16(8-6-15)29-14-18(28)22-9-12-27-20-17(13-23-27)19(24-21(25-20)30-2)26-10-3-4-11-26/h5-8,13H,3-4,9-12,14H2,1-2H3,(H,22,28). The van der Waals surface area contributed by atoms with Gasteiger partial charge >= 0.3 is 0 Å². The van der Waals surface area contributed by atoms with E-state index in [0.717, 1.165) is 40.7 Å². The van der Waals surface area contributed by atoms with Crippen molar-refractivity contribution in [2.45, 2.75) is 31.5 Å². The number of anilines is 1. The first-order chi connectivity index (χ1) is 14.6. The van der Waals surface area contributed by atoms with Gasteiger partial charge in [0.05, 0.1) is 18.1 Å². The smallest absolute Gasteiger partial charge is 0.258 e. The largest absolute Gasteiger partial charge is 0.484 e. The molecule has 0 saturated carbocycles. The average molecular weight is 427 g/mol. The van der Waals surface area contributed by atoms with Crippen LogP contribution in [0, 0.1) is 6.92 Å². The molecule has 8 nitrogen and oxygen atoms in total. The highest BCUT2D eigenvalue weighted by atomic mass is 32.2. The van der Waals surface area contributed by atoms with Crippen molar-refractivity contribution in [3.05, 3.63) is 36.0 Å². The third kappa shape index (κ3) is 4.67. The first-order valence-electron chi connectivity index (χ1n) is 10.1. The first-order valence-corrected chi connectivity index (χ1v) is 11.3. The molecule has 3 aromatic rings. The van der Waals surface area contributed by atoms with Crippen LogP contribution in [0.5, 0.6) is 5.75 Å². The van der Waals surface area contributed by atoms with E-state index >= 15 is 0 Å². The number of benzene rings is 1. The predicted molar refractivity (Wildman–Crippen MR) is 118 cm³/mol. The number of thioether (sulfide) groups is 1. The number of aromatic nitrogens is 4. The van der Waals surface area contributed by atoms with Crippen LogP contribution < -0.4 is 15.0 Å². The molecule has 0 radical (unpaired) electrons. The molecule has 0 atom stereocenters. The molecule has 1 N–H and O–H groups in total. The van der Waals surface area contributed by atoms with Crippen molar-refractivity contribution >= 4 is 34.5 Å². The maximum absolute atomic E-state index is 12.1. The Morgan fingerprint density at radius 3 is 2.70 bits per heavy atom. The Hall–Kier alpha value is -2.81. The summed E-state index contributed by atoms with van der Waals surface area (Å²) in [5.74, 6) is 1.48. The minimum absolute atomic E-state index is 0.0131. The Morgan fingerprint density at radius 1 is 1.20 bits per heavy atom. The van der Waals surface area contributed by atoms with Gasteiger partial charge < -0.3 is 15.0 Å². The van der Waals surface area contributed by atoms with Crippen LogP contribution in [0.15, 0.2) is 35.6 Å². The van der Waals surface area contributed by atoms with E-state index in [4.69, 9.17) is 9.72 Å². The Morgan fingerprint density at radius 2 is 1.97 bits per heavy atom. The molecule has 1 aromatic carbocycles. The van der Waals surface area contributed by atoms with E-state index in [-0.39, 0.29) is 12.5 Å². The molecule has 9 heteroatoms. The molecule has 1 amide bonds. The van der Waals surface area contributed by atoms with Crippen molar-refractivity contribution in [3.8, 4) is 5.75 Å². The Labute approximate surface area is 180 Å². The molecular weight excluding hydrogens is 400 g/mol. The maximum Gasteiger partial charge on any atom is 0.258 e. The maximum atomic E-state index is 12.1. The van der Waals surface area contributed by atoms with Crippen LogP contribution in [0.2, 0.25) is 0 Å². The van der Waals surface area contributed by atoms with E-state index in [1.54, 1.807) is 0 Å². The number of rotatable bonds is 8. The van der Waals surface area contributed by atoms with Gasteiger partial charge in [0.2, 0.25) is 0 Å². The topological polar surface area (TPSA) is 85.2 Å². The summed E-state index contributed by atoms with van der Waals surface area (Å²) in [5, 5.41) is 9.08. The summed E-state index contributed by atoms with van der Waals surface area (Å²) >= 11 is 1.53. The van der Waals surface area contributed by atoms with Crippen LogP contribution in [-0.2, 0) is 11.3 Å². The lowest BCUT2D eigenvalue weighted by atomic mass is 10.2. The van der Waals surface area contributed by atoms with Gasteiger partial charge in [-0.3, -0.25) is 4.79 Å². The van der Waals surface area contributed by atoms with Gasteiger partial charge in [0.15, 0.2) is 17.4 Å². The van der Waals surface area contributed by atoms with E-state index in [1.165, 1.54) is 24.6 Å². The van der Waals surface area contributed by atoms with E-state index in [1.807, 2.05) is 48.3 Å². The highest BCUT2D eigenvalue weighted by Gasteiger charge is 2.20. The van der Waals surface area contributed by atoms with Crippen molar-refractivity contribution in [1.82, 2.24) is 25.1 Å². The monoisotopic (exact) mass is 426 g/mol. The minimum Gasteiger partial charge on any atom is -0.484 e. The van der Waals surface area contributed by atoms with Crippen LogP contribution in [0.4, 0.5) is 5.82 Å². The zero-order valence-electron chi connectivity index (χ0n) is 17.3. The van der Waals surface area contributed by atoms with Crippen molar-refractivity contribution in [2.24, 2.45) is 0 Å². The number of aryl methyl sites for hydroxylation is 1. The predicted octanol–water partition coefficient (Wildman–Crippen LogP) is 2.65. The second kappa shape index (κ2) is 9.34. The summed E-state index contributed by atoms with van der Waals surface area (Å²) in [7, 11) is 0. The number of fused-ring (bicyclic) bond motifs is 1. The van der Waals surface area contributed by atoms with E-state index in [9.17, 15) is 4.79 Å². The highest BCUT2D eigenvalue weighted by Crippen LogP contribution is 2.28. The van der Waals surface area contributed by atoms with Gasteiger partial charge in [0, 0.05) is 19.6 Å². The van der Waals surface area contributed by atoms with Gasteiger partial charge in [0.25, 0.3) is 5.91 Å². The summed E-state index contributed by atoms with van der Waals surface area (Å²) < 4.78 is 7.35. The number of carbonyl (C=O) groups is 1. The second-order valence-corrected chi connectivity index (χ2v) is 8.06. The highest BCUT2D eigenvalue weighted by molar-refractivity contribution is 7.98. The van der Waals surface area contributed by atoms with E-state index < -0.39 is 0 Å². The van der Waals surface area contributed by atoms with Gasteiger partial charge in [-0.1, -0.05) is 29.5 Å². The zero-order valence-corrected chi connectivity index (χ0v) is 18.1. The van der Waals surface area contributed by atoms with Crippen molar-refractivity contribution < 1.29 is 9.53 Å². The fourth-order valence-electron chi connectivity index (χ4n) is 3.48. The quantitative estimate of drug-likeness (QED) is 0.438. The Kier molecular flexibility index (Phi) is 6.37. The molecule has 0 spiro atoms. The Balaban J connectivity index is 1.37. The fraction of sp³-hybridized carbons (Fsp3) is 0.429. The number of nitrogens with one attached hydrogen (secondary N) is 1. The third-order valence-electron chi connectivity index (χ3n) is 5.08. The lowest BCUT2D eigenvalue weighted by Crippen LogP contribution is -2.31. The summed E-state index contributed by atoms with van der Waals surface area (Å²) in [5.41, 5.74) is 1.96. The third-order valence-corrected chi connectivity index (χ3v) is 5.63. The number of amides is 1. The molecule has 3 heterocycles. The van der Waals surface area contributed by atoms with Crippen LogP contribution in [0.3, 0.4) is 0 Å². The normalized spacial score (nSPS) is 13.7. The van der Waals surface area contributed by atoms with Crippen LogP contribution >= 0.6 is 11.8 Å². The zero-order chi connectivity index (χ0) is 20.9. The van der Waals surface area contributed by atoms with Gasteiger partial charge in [0.1, 0.15) is 11.6 Å². The second-order valence-electron chi connectivity index (χ2n) is 7.28. The van der Waals surface area contributed by atoms with Crippen LogP contribution in [0.1, 0.15) is 18.4 Å². The molecule has 1 aliphatic heterocycles. The summed E-state index contributed by atoms with van der Waals surface area (Å²) in [6.45, 7) is 5.01. The molecule has 158 valence electrons. The molecular formula is C21H26N6O2S. The number of ether oxygens (including phenoxy) is 1. The molecule has 1 aliphatic rings. The fourth-order valence-corrected chi connectivity index (χ4v) is 3.84. The van der Waals surface area contributed by atoms with Crippen LogP contribution in [0.25, 0.3) is 11.0 Å². The first kappa shape index (κ1) is 20.5. The summed E-state index contributed by atoms with van der Waals surface area (Å²) in [6.07, 6.45) is 6.18. The molecule has 1 saturated heterocycles. The molecule has 0 aliphatic carbocycles. The Bertz CT molecular complexity index is 1010. The SMILES string of the molecule is CSc1nc(N2CCCC2)c2cnn(CCNC(=O)COc3ccc(C)cc3)c2n1. The van der Waals surface area contributed by atoms with Crippen molar-refractivity contribution in [2.75, 3.05) is 37.4 Å². The number of hydrogen-bond donors (Lipinski definition) is 1. The van der Waals surface area contributed by atoms with Gasteiger partial charge in [-0.15, -0.1) is 0 Å². The van der Waals surface area contributed by atoms with Crippen molar-refractivity contribution in [3.63, 3.8) is 0 Å².